The zero-order valence-corrected chi connectivity index (χ0v) is 7.34. The Kier molecular flexibility index (Phi) is 2.87. The molecule has 1 saturated heterocycles. The van der Waals surface area contributed by atoms with E-state index in [0.717, 1.165) is 32.7 Å². The molecule has 0 aliphatic carbocycles. The second-order valence-electron chi connectivity index (χ2n) is 3.55. The van der Waals surface area contributed by atoms with E-state index >= 15 is 0 Å². The van der Waals surface area contributed by atoms with Gasteiger partial charge in [0.15, 0.2) is 0 Å². The maximum Gasteiger partial charge on any atom is 0.0872 e. The van der Waals surface area contributed by atoms with Gasteiger partial charge in [-0.2, -0.15) is 0 Å². The standard InChI is InChI=1S/C8H17NO2/c1-8(10)6-9(7-8)4-3-5-11-2/h10H,3-7H2,1-2H3. The molecular formula is C8H17NO2. The van der Waals surface area contributed by atoms with Crippen LogP contribution in [-0.4, -0.2) is 49.0 Å². The van der Waals surface area contributed by atoms with E-state index in [1.807, 2.05) is 6.92 Å². The second-order valence-corrected chi connectivity index (χ2v) is 3.55. The highest BCUT2D eigenvalue weighted by Gasteiger charge is 2.35. The van der Waals surface area contributed by atoms with E-state index in [0.29, 0.717) is 0 Å². The summed E-state index contributed by atoms with van der Waals surface area (Å²) in [5, 5.41) is 9.37. The molecule has 11 heavy (non-hydrogen) atoms. The zero-order valence-electron chi connectivity index (χ0n) is 7.34. The Balaban J connectivity index is 1.96. The summed E-state index contributed by atoms with van der Waals surface area (Å²) < 4.78 is 4.92. The molecule has 0 saturated carbocycles. The number of rotatable bonds is 4. The van der Waals surface area contributed by atoms with Crippen molar-refractivity contribution in [2.45, 2.75) is 18.9 Å². The molecule has 0 atom stereocenters. The average Bonchev–Trinajstić information content (AvgIpc) is 1.84. The largest absolute Gasteiger partial charge is 0.388 e. The van der Waals surface area contributed by atoms with Gasteiger partial charge in [-0.25, -0.2) is 0 Å². The minimum Gasteiger partial charge on any atom is -0.388 e. The van der Waals surface area contributed by atoms with Crippen molar-refractivity contribution in [3.05, 3.63) is 0 Å². The van der Waals surface area contributed by atoms with Crippen LogP contribution in [0.25, 0.3) is 0 Å². The summed E-state index contributed by atoms with van der Waals surface area (Å²) in [7, 11) is 1.71. The van der Waals surface area contributed by atoms with E-state index in [9.17, 15) is 5.11 Å². The smallest absolute Gasteiger partial charge is 0.0872 e. The van der Waals surface area contributed by atoms with Gasteiger partial charge < -0.3 is 9.84 Å². The van der Waals surface area contributed by atoms with Crippen LogP contribution in [0, 0.1) is 0 Å². The molecule has 0 aromatic rings. The molecule has 3 heteroatoms. The van der Waals surface area contributed by atoms with Crippen LogP contribution in [0.15, 0.2) is 0 Å². The van der Waals surface area contributed by atoms with Crippen LogP contribution >= 0.6 is 0 Å². The van der Waals surface area contributed by atoms with Crippen LogP contribution in [-0.2, 0) is 4.74 Å². The van der Waals surface area contributed by atoms with Crippen molar-refractivity contribution in [1.82, 2.24) is 4.90 Å². The van der Waals surface area contributed by atoms with Crippen LogP contribution in [0.2, 0.25) is 0 Å². The maximum atomic E-state index is 9.37. The Morgan fingerprint density at radius 1 is 1.55 bits per heavy atom. The number of likely N-dealkylation sites (tertiary alicyclic amines) is 1. The number of β-amino-alcohol motifs (C(OH)–C–C–N with tert-alkyl or cyclic N) is 1. The van der Waals surface area contributed by atoms with Gasteiger partial charge in [-0.05, 0) is 13.3 Å². The first kappa shape index (κ1) is 8.97. The highest BCUT2D eigenvalue weighted by molar-refractivity contribution is 4.90. The average molecular weight is 159 g/mol. The zero-order chi connectivity index (χ0) is 8.32. The summed E-state index contributed by atoms with van der Waals surface area (Å²) >= 11 is 0. The van der Waals surface area contributed by atoms with Gasteiger partial charge in [0.05, 0.1) is 5.60 Å². The number of hydrogen-bond donors (Lipinski definition) is 1. The number of aliphatic hydroxyl groups is 1. The molecule has 0 bridgehead atoms. The third-order valence-corrected chi connectivity index (χ3v) is 1.95. The first-order valence-electron chi connectivity index (χ1n) is 4.08. The lowest BCUT2D eigenvalue weighted by molar-refractivity contribution is -0.0845. The number of ether oxygens (including phenoxy) is 1. The first-order chi connectivity index (χ1) is 5.14. The van der Waals surface area contributed by atoms with Crippen molar-refractivity contribution >= 4 is 0 Å². The Morgan fingerprint density at radius 3 is 2.64 bits per heavy atom. The number of methoxy groups -OCH3 is 1. The summed E-state index contributed by atoms with van der Waals surface area (Å²) in [5.74, 6) is 0. The Morgan fingerprint density at radius 2 is 2.18 bits per heavy atom. The second kappa shape index (κ2) is 3.52. The summed E-state index contributed by atoms with van der Waals surface area (Å²) in [4.78, 5) is 2.24. The highest BCUT2D eigenvalue weighted by Crippen LogP contribution is 2.19. The summed E-state index contributed by atoms with van der Waals surface area (Å²) in [6.45, 7) is 5.37. The SMILES string of the molecule is COCCCN1CC(C)(O)C1. The van der Waals surface area contributed by atoms with E-state index in [4.69, 9.17) is 4.74 Å². The minimum absolute atomic E-state index is 0.424. The molecule has 0 aromatic carbocycles. The summed E-state index contributed by atoms with van der Waals surface area (Å²) in [6.07, 6.45) is 1.06. The number of nitrogens with zero attached hydrogens (tertiary/aromatic N) is 1. The molecule has 0 aromatic heterocycles. The van der Waals surface area contributed by atoms with Gasteiger partial charge in [-0.1, -0.05) is 0 Å². The van der Waals surface area contributed by atoms with Crippen LogP contribution < -0.4 is 0 Å². The first-order valence-corrected chi connectivity index (χ1v) is 4.08. The molecule has 1 rings (SSSR count). The fourth-order valence-electron chi connectivity index (χ4n) is 1.51. The third kappa shape index (κ3) is 2.77. The third-order valence-electron chi connectivity index (χ3n) is 1.95. The Bertz CT molecular complexity index is 117. The van der Waals surface area contributed by atoms with Crippen molar-refractivity contribution < 1.29 is 9.84 Å². The number of hydrogen-bond acceptors (Lipinski definition) is 3. The summed E-state index contributed by atoms with van der Waals surface area (Å²) in [5.41, 5.74) is -0.424. The van der Waals surface area contributed by atoms with E-state index in [2.05, 4.69) is 4.90 Å². The molecule has 0 spiro atoms. The minimum atomic E-state index is -0.424. The van der Waals surface area contributed by atoms with Crippen molar-refractivity contribution in [2.24, 2.45) is 0 Å². The molecule has 0 amide bonds. The van der Waals surface area contributed by atoms with E-state index in [1.165, 1.54) is 0 Å². The topological polar surface area (TPSA) is 32.7 Å². The van der Waals surface area contributed by atoms with Crippen molar-refractivity contribution in [3.63, 3.8) is 0 Å². The fraction of sp³-hybridized carbons (Fsp3) is 1.00. The molecule has 66 valence electrons. The van der Waals surface area contributed by atoms with Gasteiger partial charge >= 0.3 is 0 Å². The predicted molar refractivity (Wildman–Crippen MR) is 43.6 cm³/mol. The summed E-state index contributed by atoms with van der Waals surface area (Å²) in [6, 6.07) is 0. The molecular weight excluding hydrogens is 142 g/mol. The monoisotopic (exact) mass is 159 g/mol. The molecule has 0 radical (unpaired) electrons. The van der Waals surface area contributed by atoms with Gasteiger partial charge in [0.1, 0.15) is 0 Å². The van der Waals surface area contributed by atoms with Crippen molar-refractivity contribution in [3.8, 4) is 0 Å². The Labute approximate surface area is 68.0 Å². The van der Waals surface area contributed by atoms with Crippen molar-refractivity contribution in [1.29, 1.82) is 0 Å². The van der Waals surface area contributed by atoms with E-state index in [1.54, 1.807) is 7.11 Å². The van der Waals surface area contributed by atoms with Crippen LogP contribution in [0.5, 0.6) is 0 Å². The molecule has 1 fully saturated rings. The fourth-order valence-corrected chi connectivity index (χ4v) is 1.51. The molecule has 1 heterocycles. The van der Waals surface area contributed by atoms with Gasteiger partial charge in [0.25, 0.3) is 0 Å². The van der Waals surface area contributed by atoms with E-state index in [-0.39, 0.29) is 0 Å². The highest BCUT2D eigenvalue weighted by atomic mass is 16.5. The van der Waals surface area contributed by atoms with Crippen molar-refractivity contribution in [2.75, 3.05) is 33.4 Å². The Hall–Kier alpha value is -0.120. The quantitative estimate of drug-likeness (QED) is 0.590. The van der Waals surface area contributed by atoms with Crippen LogP contribution in [0.1, 0.15) is 13.3 Å². The van der Waals surface area contributed by atoms with Gasteiger partial charge in [-0.3, -0.25) is 4.90 Å². The molecule has 1 aliphatic heterocycles. The maximum absolute atomic E-state index is 9.37. The van der Waals surface area contributed by atoms with E-state index < -0.39 is 5.60 Å². The van der Waals surface area contributed by atoms with Crippen LogP contribution in [0.4, 0.5) is 0 Å². The molecule has 3 nitrogen and oxygen atoms in total. The van der Waals surface area contributed by atoms with Gasteiger partial charge in [0.2, 0.25) is 0 Å². The van der Waals surface area contributed by atoms with Gasteiger partial charge in [-0.15, -0.1) is 0 Å². The molecule has 1 aliphatic rings. The molecule has 0 unspecified atom stereocenters. The van der Waals surface area contributed by atoms with Gasteiger partial charge in [0, 0.05) is 33.4 Å². The lowest BCUT2D eigenvalue weighted by Gasteiger charge is -2.44. The normalized spacial score (nSPS) is 23.2. The lowest BCUT2D eigenvalue weighted by Crippen LogP contribution is -2.59. The lowest BCUT2D eigenvalue weighted by atomic mass is 9.97. The van der Waals surface area contributed by atoms with Crippen LogP contribution in [0.3, 0.4) is 0 Å². The predicted octanol–water partition coefficient (Wildman–Crippen LogP) is 0.0895. The molecule has 1 N–H and O–H groups in total.